The Morgan fingerprint density at radius 1 is 1.17 bits per heavy atom. The Kier molecular flexibility index (Phi) is 4.37. The molecule has 2 aliphatic rings. The van der Waals surface area contributed by atoms with Gasteiger partial charge in [-0.2, -0.15) is 0 Å². The first-order valence-corrected chi connectivity index (χ1v) is 10.8. The van der Waals surface area contributed by atoms with Crippen molar-refractivity contribution >= 4 is 33.5 Å². The summed E-state index contributed by atoms with van der Waals surface area (Å²) in [6, 6.07) is 17.5. The summed E-state index contributed by atoms with van der Waals surface area (Å²) in [5.41, 5.74) is 0.813. The van der Waals surface area contributed by atoms with Crippen molar-refractivity contribution < 1.29 is 14.5 Å². The maximum Gasteiger partial charge on any atom is 0.329 e. The third-order valence-electron chi connectivity index (χ3n) is 6.08. The summed E-state index contributed by atoms with van der Waals surface area (Å²) in [5.74, 6) is -0.184. The zero-order chi connectivity index (χ0) is 20.0. The van der Waals surface area contributed by atoms with Gasteiger partial charge in [0.25, 0.3) is 5.91 Å². The predicted molar refractivity (Wildman–Crippen MR) is 111 cm³/mol. The number of rotatable bonds is 4. The van der Waals surface area contributed by atoms with Crippen molar-refractivity contribution in [3.05, 3.63) is 65.2 Å². The molecule has 5 rings (SSSR count). The Bertz CT molecular complexity index is 1050. The Morgan fingerprint density at radius 2 is 1.93 bits per heavy atom. The Morgan fingerprint density at radius 3 is 2.72 bits per heavy atom. The van der Waals surface area contributed by atoms with Gasteiger partial charge >= 0.3 is 6.03 Å². The molecular formula is C22H23N4O2S+. The maximum absolute atomic E-state index is 13.2. The molecule has 7 heteroatoms. The van der Waals surface area contributed by atoms with Crippen molar-refractivity contribution in [1.82, 2.24) is 15.2 Å². The van der Waals surface area contributed by atoms with Gasteiger partial charge in [-0.05, 0) is 24.6 Å². The molecule has 2 saturated heterocycles. The van der Waals surface area contributed by atoms with Crippen LogP contribution in [0.25, 0.3) is 10.2 Å². The molecule has 3 amide bonds. The average Bonchev–Trinajstić information content (AvgIpc) is 3.42. The monoisotopic (exact) mass is 407 g/mol. The molecule has 148 valence electrons. The Hall–Kier alpha value is -2.77. The molecule has 1 aromatic heterocycles. The van der Waals surface area contributed by atoms with Crippen LogP contribution in [0.3, 0.4) is 0 Å². The molecule has 1 unspecified atom stereocenters. The molecule has 0 radical (unpaired) electrons. The van der Waals surface area contributed by atoms with E-state index in [2.05, 4.69) is 11.4 Å². The van der Waals surface area contributed by atoms with E-state index in [0.717, 1.165) is 35.5 Å². The normalized spacial score (nSPS) is 27.0. The molecule has 2 aliphatic heterocycles. The van der Waals surface area contributed by atoms with Gasteiger partial charge in [0, 0.05) is 12.8 Å². The molecule has 29 heavy (non-hydrogen) atoms. The van der Waals surface area contributed by atoms with E-state index in [9.17, 15) is 9.59 Å². The number of carbonyl (C=O) groups excluding carboxylic acids is 2. The number of thiazole rings is 1. The lowest BCUT2D eigenvalue weighted by molar-refractivity contribution is -0.925. The molecule has 0 aliphatic carbocycles. The van der Waals surface area contributed by atoms with Gasteiger partial charge in [-0.1, -0.05) is 42.5 Å². The minimum absolute atomic E-state index is 0.184. The second-order valence-corrected chi connectivity index (χ2v) is 9.00. The number of imide groups is 1. The fourth-order valence-corrected chi connectivity index (χ4v) is 5.61. The van der Waals surface area contributed by atoms with Crippen molar-refractivity contribution in [3.8, 4) is 0 Å². The molecule has 2 N–H and O–H groups in total. The summed E-state index contributed by atoms with van der Waals surface area (Å²) in [4.78, 5) is 33.4. The van der Waals surface area contributed by atoms with E-state index < -0.39 is 5.54 Å². The number of nitrogens with zero attached hydrogens (tertiary/aromatic N) is 2. The van der Waals surface area contributed by atoms with Crippen molar-refractivity contribution in [2.45, 2.75) is 31.3 Å². The quantitative estimate of drug-likeness (QED) is 0.653. The number of para-hydroxylation sites is 1. The summed E-state index contributed by atoms with van der Waals surface area (Å²) >= 11 is 1.72. The second-order valence-electron chi connectivity index (χ2n) is 7.94. The summed E-state index contributed by atoms with van der Waals surface area (Å²) in [6.45, 7) is 3.08. The van der Waals surface area contributed by atoms with Gasteiger partial charge in [0.15, 0.2) is 11.7 Å². The third kappa shape index (κ3) is 3.01. The summed E-state index contributed by atoms with van der Waals surface area (Å²) in [5, 5.41) is 4.00. The van der Waals surface area contributed by atoms with Gasteiger partial charge in [-0.3, -0.25) is 4.79 Å². The lowest BCUT2D eigenvalue weighted by Gasteiger charge is -2.25. The van der Waals surface area contributed by atoms with Crippen LogP contribution in [-0.2, 0) is 10.3 Å². The number of quaternary nitrogens is 1. The zero-order valence-electron chi connectivity index (χ0n) is 16.2. The highest BCUT2D eigenvalue weighted by molar-refractivity contribution is 7.18. The van der Waals surface area contributed by atoms with Gasteiger partial charge in [-0.15, -0.1) is 11.3 Å². The average molecular weight is 408 g/mol. The van der Waals surface area contributed by atoms with E-state index in [0.29, 0.717) is 6.67 Å². The highest BCUT2D eigenvalue weighted by Gasteiger charge is 2.51. The Labute approximate surface area is 173 Å². The molecule has 2 aromatic carbocycles. The number of benzene rings is 2. The number of likely N-dealkylation sites (tertiary alicyclic amines) is 1. The van der Waals surface area contributed by atoms with E-state index in [1.807, 2.05) is 48.5 Å². The molecule has 3 atom stereocenters. The predicted octanol–water partition coefficient (Wildman–Crippen LogP) is 2.44. The van der Waals surface area contributed by atoms with E-state index >= 15 is 0 Å². The van der Waals surface area contributed by atoms with Gasteiger partial charge in [0.1, 0.15) is 11.6 Å². The van der Waals surface area contributed by atoms with Crippen LogP contribution < -0.4 is 10.2 Å². The van der Waals surface area contributed by atoms with Crippen LogP contribution in [0.2, 0.25) is 0 Å². The maximum atomic E-state index is 13.2. The van der Waals surface area contributed by atoms with E-state index in [4.69, 9.17) is 4.98 Å². The molecule has 0 spiro atoms. The van der Waals surface area contributed by atoms with E-state index in [1.165, 1.54) is 14.5 Å². The number of fused-ring (bicyclic) bond motifs is 1. The minimum Gasteiger partial charge on any atom is -0.319 e. The second kappa shape index (κ2) is 6.93. The highest BCUT2D eigenvalue weighted by Crippen LogP contribution is 2.30. The first-order chi connectivity index (χ1) is 14.1. The number of hydrogen-bond donors (Lipinski definition) is 2. The summed E-state index contributed by atoms with van der Waals surface area (Å²) in [7, 11) is 0. The van der Waals surface area contributed by atoms with Crippen LogP contribution in [0.15, 0.2) is 54.6 Å². The molecule has 0 bridgehead atoms. The van der Waals surface area contributed by atoms with Gasteiger partial charge in [-0.25, -0.2) is 14.7 Å². The number of nitrogens with one attached hydrogen (secondary N) is 2. The fourth-order valence-electron chi connectivity index (χ4n) is 4.45. The number of amides is 3. The molecule has 2 fully saturated rings. The van der Waals surface area contributed by atoms with Crippen molar-refractivity contribution in [3.63, 3.8) is 0 Å². The van der Waals surface area contributed by atoms with Crippen LogP contribution >= 0.6 is 11.3 Å². The van der Waals surface area contributed by atoms with Gasteiger partial charge in [0.2, 0.25) is 0 Å². The molecule has 0 saturated carbocycles. The van der Waals surface area contributed by atoms with Crippen molar-refractivity contribution in [1.29, 1.82) is 0 Å². The number of carbonyl (C=O) groups is 2. The highest BCUT2D eigenvalue weighted by atomic mass is 32.1. The van der Waals surface area contributed by atoms with Crippen LogP contribution in [0.5, 0.6) is 0 Å². The van der Waals surface area contributed by atoms with Crippen molar-refractivity contribution in [2.75, 3.05) is 13.2 Å². The zero-order valence-corrected chi connectivity index (χ0v) is 17.0. The van der Waals surface area contributed by atoms with E-state index in [-0.39, 0.29) is 18.0 Å². The van der Waals surface area contributed by atoms with Crippen molar-refractivity contribution in [2.24, 2.45) is 0 Å². The minimum atomic E-state index is -1.01. The first kappa shape index (κ1) is 18.3. The molecule has 6 nitrogen and oxygen atoms in total. The lowest BCUT2D eigenvalue weighted by Crippen LogP contribution is -3.12. The first-order valence-electron chi connectivity index (χ1n) is 9.96. The largest absolute Gasteiger partial charge is 0.329 e. The third-order valence-corrected chi connectivity index (χ3v) is 7.23. The van der Waals surface area contributed by atoms with Crippen LogP contribution in [0, 0.1) is 0 Å². The number of aromatic nitrogens is 1. The van der Waals surface area contributed by atoms with Crippen LogP contribution in [-0.4, -0.2) is 35.0 Å². The molecule has 3 aromatic rings. The number of hydrogen-bond acceptors (Lipinski definition) is 4. The molecular weight excluding hydrogens is 384 g/mol. The lowest BCUT2D eigenvalue weighted by atomic mass is 9.92. The van der Waals surface area contributed by atoms with Crippen LogP contribution in [0.1, 0.15) is 36.4 Å². The summed E-state index contributed by atoms with van der Waals surface area (Å²) in [6.07, 6.45) is 2.09. The van der Waals surface area contributed by atoms with Gasteiger partial charge < -0.3 is 10.2 Å². The topological polar surface area (TPSA) is 66.7 Å². The van der Waals surface area contributed by atoms with Crippen LogP contribution in [0.4, 0.5) is 4.79 Å². The van der Waals surface area contributed by atoms with Gasteiger partial charge in [0.05, 0.1) is 16.8 Å². The van der Waals surface area contributed by atoms with E-state index in [1.54, 1.807) is 18.3 Å². The smallest absolute Gasteiger partial charge is 0.319 e. The SMILES string of the molecule is C[C@]1(c2ccccc2)NC(=O)N(C[NH+]2CCC[C@@H]2c2nc3ccccc3s2)C1=O. The standard InChI is InChI=1S/C22H22N4O2S/c1-22(15-8-3-2-4-9-15)20(27)26(21(28)24-22)14-25-13-7-11-17(25)19-23-16-10-5-6-12-18(16)29-19/h2-6,8-10,12,17H,7,11,13-14H2,1H3,(H,24,28)/p+1/t17-,22-/m1/s1. The summed E-state index contributed by atoms with van der Waals surface area (Å²) < 4.78 is 1.18. The number of urea groups is 1. The Balaban J connectivity index is 1.39. The molecule has 3 heterocycles. The fraction of sp³-hybridized carbons (Fsp3) is 0.318.